The van der Waals surface area contributed by atoms with Crippen molar-refractivity contribution in [2.45, 2.75) is 82.2 Å². The first kappa shape index (κ1) is 38.1. The molecule has 4 aliphatic rings. The first-order valence-corrected chi connectivity index (χ1v) is 18.3. The summed E-state index contributed by atoms with van der Waals surface area (Å²) >= 11 is 0. The van der Waals surface area contributed by atoms with Gasteiger partial charge in [-0.15, -0.1) is 10.3 Å². The van der Waals surface area contributed by atoms with Gasteiger partial charge in [0.1, 0.15) is 18.2 Å². The van der Waals surface area contributed by atoms with Crippen molar-refractivity contribution in [1.82, 2.24) is 10.4 Å². The summed E-state index contributed by atoms with van der Waals surface area (Å²) in [4.78, 5) is 41.7. The number of hydrogen-bond donors (Lipinski definition) is 1. The van der Waals surface area contributed by atoms with E-state index >= 15 is 0 Å². The van der Waals surface area contributed by atoms with E-state index in [1.807, 2.05) is 58.0 Å². The van der Waals surface area contributed by atoms with Gasteiger partial charge in [0.05, 0.1) is 33.9 Å². The number of carbonyl (C=O) groups is 3. The van der Waals surface area contributed by atoms with Crippen molar-refractivity contribution < 1.29 is 57.5 Å². The van der Waals surface area contributed by atoms with Crippen LogP contribution in [-0.4, -0.2) is 81.0 Å². The number of carbonyl (C=O) groups excluding carboxylic acids is 3. The molecule has 14 heteroatoms. The largest absolute Gasteiger partial charge is 0.493 e. The molecule has 3 aromatic carbocycles. The Balaban J connectivity index is 1.23. The van der Waals surface area contributed by atoms with Gasteiger partial charge in [0, 0.05) is 47.7 Å². The SMILES string of the molecule is COc1cc([C@@H]2c3cc4c(cc3[C@H](OC(=O)C(Cc3ccccc3)NC(=O)OC3CC(C)(C)N([O])C(C)(C)C3)[C@H]3COC(=O)[C@H]23)OCO4)cc(OC)c1OC. The van der Waals surface area contributed by atoms with Gasteiger partial charge < -0.3 is 43.2 Å². The molecule has 55 heavy (non-hydrogen) atoms. The Morgan fingerprint density at radius 1 is 0.855 bits per heavy atom. The van der Waals surface area contributed by atoms with Gasteiger partial charge in [-0.2, -0.15) is 0 Å². The molecule has 1 amide bonds. The molecule has 14 nitrogen and oxygen atoms in total. The van der Waals surface area contributed by atoms with Crippen LogP contribution in [0.25, 0.3) is 0 Å². The summed E-state index contributed by atoms with van der Waals surface area (Å²) in [6.45, 7) is 7.25. The summed E-state index contributed by atoms with van der Waals surface area (Å²) in [5.41, 5.74) is 1.20. The standard InChI is InChI=1S/C41H47N2O12/c1-40(2)18-24(19-41(3,4)43(40)47)54-39(46)42-28(13-22-11-9-8-10-12-22)37(44)55-35-26-17-30-29(52-21-53-30)16-25(26)33(34-27(35)20-51-38(34)45)23-14-31(48-5)36(50-7)32(15-23)49-6/h8-12,14-17,24,27-28,33-35H,13,18-21H2,1-7H3,(H,42,46)/t27-,28?,33+,34-,35-/m0/s1. The molecule has 1 unspecified atom stereocenters. The molecule has 293 valence electrons. The number of ether oxygens (including phenoxy) is 8. The lowest BCUT2D eigenvalue weighted by Gasteiger charge is -2.49. The summed E-state index contributed by atoms with van der Waals surface area (Å²) in [5, 5.41) is 16.7. The number of piperidine rings is 1. The number of hydrogen-bond acceptors (Lipinski definition) is 12. The molecular weight excluding hydrogens is 712 g/mol. The summed E-state index contributed by atoms with van der Waals surface area (Å²) in [7, 11) is 4.54. The maximum Gasteiger partial charge on any atom is 0.408 e. The Kier molecular flexibility index (Phi) is 10.2. The first-order valence-electron chi connectivity index (χ1n) is 18.3. The number of alkyl carbamates (subject to hydrolysis) is 1. The molecule has 0 bridgehead atoms. The van der Waals surface area contributed by atoms with E-state index in [1.54, 1.807) is 24.3 Å². The molecular formula is C41H47N2O12. The lowest BCUT2D eigenvalue weighted by Crippen LogP contribution is -2.60. The quantitative estimate of drug-likeness (QED) is 0.200. The zero-order chi connectivity index (χ0) is 39.2. The minimum atomic E-state index is -1.17. The fourth-order valence-corrected chi connectivity index (χ4v) is 8.78. The molecule has 3 aliphatic heterocycles. The molecule has 0 aromatic heterocycles. The molecule has 3 heterocycles. The van der Waals surface area contributed by atoms with Gasteiger partial charge >= 0.3 is 18.0 Å². The highest BCUT2D eigenvalue weighted by Gasteiger charge is 2.55. The van der Waals surface area contributed by atoms with Crippen molar-refractivity contribution in [2.75, 3.05) is 34.7 Å². The number of nitrogens with one attached hydrogen (secondary N) is 1. The van der Waals surface area contributed by atoms with Crippen LogP contribution in [0.1, 0.15) is 74.8 Å². The lowest BCUT2D eigenvalue weighted by molar-refractivity contribution is -0.298. The maximum absolute atomic E-state index is 14.4. The first-order chi connectivity index (χ1) is 26.2. The van der Waals surface area contributed by atoms with Crippen LogP contribution in [-0.2, 0) is 35.4 Å². The predicted octanol–water partition coefficient (Wildman–Crippen LogP) is 5.66. The predicted molar refractivity (Wildman–Crippen MR) is 195 cm³/mol. The van der Waals surface area contributed by atoms with Gasteiger partial charge in [-0.25, -0.2) is 9.59 Å². The minimum Gasteiger partial charge on any atom is -0.493 e. The topological polar surface area (TPSA) is 160 Å². The van der Waals surface area contributed by atoms with Gasteiger partial charge in [-0.05, 0) is 68.7 Å². The Morgan fingerprint density at radius 2 is 1.47 bits per heavy atom. The number of benzene rings is 3. The molecule has 5 atom stereocenters. The van der Waals surface area contributed by atoms with E-state index < -0.39 is 65.1 Å². The van der Waals surface area contributed by atoms with Crippen molar-refractivity contribution in [3.05, 3.63) is 76.9 Å². The lowest BCUT2D eigenvalue weighted by atomic mass is 9.66. The summed E-state index contributed by atoms with van der Waals surface area (Å²) in [5.74, 6) is -1.01. The van der Waals surface area contributed by atoms with Crippen molar-refractivity contribution in [3.8, 4) is 28.7 Å². The van der Waals surface area contributed by atoms with Gasteiger partial charge in [-0.1, -0.05) is 30.3 Å². The minimum absolute atomic E-state index is 0.000182. The van der Waals surface area contributed by atoms with Crippen LogP contribution in [0.3, 0.4) is 0 Å². The van der Waals surface area contributed by atoms with Crippen molar-refractivity contribution in [1.29, 1.82) is 0 Å². The van der Waals surface area contributed by atoms with E-state index in [4.69, 9.17) is 37.9 Å². The van der Waals surface area contributed by atoms with Crippen LogP contribution < -0.4 is 29.0 Å². The van der Waals surface area contributed by atoms with E-state index in [1.165, 1.54) is 21.3 Å². The molecule has 0 saturated carbocycles. The number of rotatable bonds is 10. The normalized spacial score (nSPS) is 24.1. The van der Waals surface area contributed by atoms with Crippen molar-refractivity contribution in [3.63, 3.8) is 0 Å². The average Bonchev–Trinajstić information content (AvgIpc) is 3.78. The summed E-state index contributed by atoms with van der Waals surface area (Å²) in [6, 6.07) is 15.2. The monoisotopic (exact) mass is 759 g/mol. The summed E-state index contributed by atoms with van der Waals surface area (Å²) in [6.07, 6.45) is -1.59. The highest BCUT2D eigenvalue weighted by Crippen LogP contribution is 2.56. The van der Waals surface area contributed by atoms with Crippen LogP contribution in [0.15, 0.2) is 54.6 Å². The Hall–Kier alpha value is -5.21. The molecule has 2 saturated heterocycles. The van der Waals surface area contributed by atoms with E-state index in [9.17, 15) is 19.6 Å². The Labute approximate surface area is 319 Å². The number of cyclic esters (lactones) is 1. The second kappa shape index (κ2) is 14.8. The molecule has 0 spiro atoms. The summed E-state index contributed by atoms with van der Waals surface area (Å²) < 4.78 is 46.4. The third-order valence-corrected chi connectivity index (χ3v) is 11.1. The molecule has 3 aromatic rings. The fourth-order valence-electron chi connectivity index (χ4n) is 8.78. The van der Waals surface area contributed by atoms with Crippen LogP contribution in [0, 0.1) is 11.8 Å². The number of methoxy groups -OCH3 is 3. The molecule has 7 rings (SSSR count). The Morgan fingerprint density at radius 3 is 2.07 bits per heavy atom. The van der Waals surface area contributed by atoms with Crippen molar-refractivity contribution in [2.24, 2.45) is 11.8 Å². The highest BCUT2D eigenvalue weighted by molar-refractivity contribution is 5.83. The number of fused-ring (bicyclic) bond motifs is 3. The van der Waals surface area contributed by atoms with Crippen LogP contribution in [0.4, 0.5) is 4.79 Å². The number of hydroxylamine groups is 2. The van der Waals surface area contributed by atoms with E-state index in [-0.39, 0.29) is 19.8 Å². The second-order valence-corrected chi connectivity index (χ2v) is 15.7. The van der Waals surface area contributed by atoms with E-state index in [0.717, 1.165) is 10.6 Å². The average molecular weight is 760 g/mol. The second-order valence-electron chi connectivity index (χ2n) is 15.7. The van der Waals surface area contributed by atoms with Gasteiger partial charge in [0.2, 0.25) is 12.5 Å². The zero-order valence-electron chi connectivity index (χ0n) is 32.0. The molecule has 1 N–H and O–H groups in total. The molecule has 1 radical (unpaired) electrons. The van der Waals surface area contributed by atoms with Crippen LogP contribution in [0.2, 0.25) is 0 Å². The smallest absolute Gasteiger partial charge is 0.408 e. The third kappa shape index (κ3) is 7.20. The van der Waals surface area contributed by atoms with Crippen LogP contribution in [0.5, 0.6) is 28.7 Å². The molecule has 1 aliphatic carbocycles. The zero-order valence-corrected chi connectivity index (χ0v) is 32.0. The maximum atomic E-state index is 14.4. The fraction of sp³-hybridized carbons (Fsp3) is 0.488. The van der Waals surface area contributed by atoms with Gasteiger partial charge in [0.15, 0.2) is 23.0 Å². The van der Waals surface area contributed by atoms with Gasteiger partial charge in [-0.3, -0.25) is 4.79 Å². The van der Waals surface area contributed by atoms with Crippen molar-refractivity contribution >= 4 is 18.0 Å². The Bertz CT molecular complexity index is 1910. The number of amides is 1. The number of nitrogens with zero attached hydrogens (tertiary/aromatic N) is 1. The van der Waals surface area contributed by atoms with Crippen LogP contribution >= 0.6 is 0 Å². The third-order valence-electron chi connectivity index (χ3n) is 11.1. The van der Waals surface area contributed by atoms with Gasteiger partial charge in [0.25, 0.3) is 0 Å². The highest BCUT2D eigenvalue weighted by atomic mass is 16.7. The van der Waals surface area contributed by atoms with E-state index in [2.05, 4.69) is 5.32 Å². The van der Waals surface area contributed by atoms with E-state index in [0.29, 0.717) is 58.3 Å². The molecule has 2 fully saturated rings. The number of esters is 2.